The van der Waals surface area contributed by atoms with Gasteiger partial charge in [0.25, 0.3) is 0 Å². The van der Waals surface area contributed by atoms with Crippen LogP contribution in [0.15, 0.2) is 21.5 Å². The first-order valence-corrected chi connectivity index (χ1v) is 7.80. The molecule has 0 atom stereocenters. The van der Waals surface area contributed by atoms with E-state index in [2.05, 4.69) is 15.9 Å². The highest BCUT2D eigenvalue weighted by molar-refractivity contribution is 9.10. The molecular formula is C11H14BrFN2O2S. The second kappa shape index (κ2) is 4.79. The second-order valence-corrected chi connectivity index (χ2v) is 7.24. The van der Waals surface area contributed by atoms with Crippen molar-refractivity contribution in [2.75, 3.05) is 12.8 Å². The molecule has 1 aliphatic rings. The Hall–Kier alpha value is -0.660. The summed E-state index contributed by atoms with van der Waals surface area (Å²) >= 11 is 2.97. The van der Waals surface area contributed by atoms with Crippen LogP contribution in [0.2, 0.25) is 0 Å². The molecule has 0 bridgehead atoms. The van der Waals surface area contributed by atoms with Gasteiger partial charge >= 0.3 is 0 Å². The number of hydrogen-bond acceptors (Lipinski definition) is 3. The topological polar surface area (TPSA) is 63.4 Å². The van der Waals surface area contributed by atoms with Gasteiger partial charge in [-0.1, -0.05) is 6.42 Å². The van der Waals surface area contributed by atoms with Gasteiger partial charge in [0.15, 0.2) is 5.82 Å². The fourth-order valence-electron chi connectivity index (χ4n) is 1.87. The first-order valence-electron chi connectivity index (χ1n) is 5.56. The zero-order valence-corrected chi connectivity index (χ0v) is 12.3. The van der Waals surface area contributed by atoms with Crippen LogP contribution >= 0.6 is 15.9 Å². The molecule has 2 N–H and O–H groups in total. The third-order valence-corrected chi connectivity index (χ3v) is 5.75. The Kier molecular flexibility index (Phi) is 3.66. The number of anilines is 1. The normalized spacial score (nSPS) is 16.9. The van der Waals surface area contributed by atoms with Crippen LogP contribution in [-0.4, -0.2) is 25.8 Å². The Morgan fingerprint density at radius 2 is 2.06 bits per heavy atom. The summed E-state index contributed by atoms with van der Waals surface area (Å²) in [7, 11) is -2.34. The molecule has 1 saturated carbocycles. The number of hydrogen-bond donors (Lipinski definition) is 1. The molecule has 0 saturated heterocycles. The maximum Gasteiger partial charge on any atom is 0.246 e. The van der Waals surface area contributed by atoms with E-state index in [4.69, 9.17) is 5.73 Å². The van der Waals surface area contributed by atoms with E-state index in [0.717, 1.165) is 25.3 Å². The molecule has 0 aliphatic heterocycles. The van der Waals surface area contributed by atoms with Crippen LogP contribution in [0.5, 0.6) is 0 Å². The average Bonchev–Trinajstić information content (AvgIpc) is 2.20. The van der Waals surface area contributed by atoms with Crippen molar-refractivity contribution < 1.29 is 12.8 Å². The summed E-state index contributed by atoms with van der Waals surface area (Å²) in [6.45, 7) is 0. The summed E-state index contributed by atoms with van der Waals surface area (Å²) in [5.41, 5.74) is 5.78. The maximum absolute atomic E-state index is 13.9. The molecule has 0 heterocycles. The van der Waals surface area contributed by atoms with E-state index in [9.17, 15) is 12.8 Å². The Labute approximate surface area is 114 Å². The van der Waals surface area contributed by atoms with Crippen molar-refractivity contribution in [3.05, 3.63) is 22.4 Å². The molecule has 100 valence electrons. The van der Waals surface area contributed by atoms with Crippen molar-refractivity contribution in [3.63, 3.8) is 0 Å². The molecule has 18 heavy (non-hydrogen) atoms. The average molecular weight is 337 g/mol. The van der Waals surface area contributed by atoms with Gasteiger partial charge in [0.1, 0.15) is 4.90 Å². The number of nitrogen functional groups attached to an aromatic ring is 1. The van der Waals surface area contributed by atoms with E-state index in [0.29, 0.717) is 0 Å². The summed E-state index contributed by atoms with van der Waals surface area (Å²) in [5.74, 6) is -0.796. The van der Waals surface area contributed by atoms with Crippen LogP contribution in [0.25, 0.3) is 0 Å². The lowest BCUT2D eigenvalue weighted by Crippen LogP contribution is -2.41. The lowest BCUT2D eigenvalue weighted by atomic mass is 9.94. The monoisotopic (exact) mass is 336 g/mol. The van der Waals surface area contributed by atoms with E-state index in [-0.39, 0.29) is 21.1 Å². The van der Waals surface area contributed by atoms with E-state index in [1.807, 2.05) is 0 Å². The molecular weight excluding hydrogens is 323 g/mol. The second-order valence-electron chi connectivity index (χ2n) is 4.42. The predicted molar refractivity (Wildman–Crippen MR) is 71.1 cm³/mol. The molecule has 0 amide bonds. The standard InChI is InChI=1S/C11H14BrFN2O2S/c1-15(8-3-2-4-8)18(16,17)10-6-7(14)5-9(12)11(10)13/h5-6,8H,2-4,14H2,1H3. The smallest absolute Gasteiger partial charge is 0.246 e. The molecule has 1 aromatic rings. The number of nitrogens with two attached hydrogens (primary N) is 1. The van der Waals surface area contributed by atoms with Crippen LogP contribution in [0.4, 0.5) is 10.1 Å². The van der Waals surface area contributed by atoms with Crippen molar-refractivity contribution in [3.8, 4) is 0 Å². The Balaban J connectivity index is 2.46. The SMILES string of the molecule is CN(C1CCC1)S(=O)(=O)c1cc(N)cc(Br)c1F. The highest BCUT2D eigenvalue weighted by Gasteiger charge is 2.34. The zero-order valence-electron chi connectivity index (χ0n) is 9.86. The van der Waals surface area contributed by atoms with Gasteiger partial charge in [0.05, 0.1) is 4.47 Å². The molecule has 0 unspecified atom stereocenters. The minimum absolute atomic E-state index is 0.0328. The molecule has 1 aliphatic carbocycles. The van der Waals surface area contributed by atoms with Crippen LogP contribution in [0.1, 0.15) is 19.3 Å². The molecule has 7 heteroatoms. The van der Waals surface area contributed by atoms with E-state index < -0.39 is 15.8 Å². The highest BCUT2D eigenvalue weighted by atomic mass is 79.9. The summed E-state index contributed by atoms with van der Waals surface area (Å²) in [4.78, 5) is -0.372. The zero-order chi connectivity index (χ0) is 13.5. The van der Waals surface area contributed by atoms with Crippen molar-refractivity contribution in [1.82, 2.24) is 4.31 Å². The molecule has 0 aromatic heterocycles. The third kappa shape index (κ3) is 2.26. The van der Waals surface area contributed by atoms with E-state index in [1.165, 1.54) is 17.4 Å². The molecule has 1 aromatic carbocycles. The Bertz CT molecular complexity index is 573. The number of nitrogens with zero attached hydrogens (tertiary/aromatic N) is 1. The van der Waals surface area contributed by atoms with Crippen molar-refractivity contribution >= 4 is 31.6 Å². The van der Waals surface area contributed by atoms with E-state index >= 15 is 0 Å². The van der Waals surface area contributed by atoms with Gasteiger partial charge in [-0.05, 0) is 40.9 Å². The van der Waals surface area contributed by atoms with Gasteiger partial charge in [-0.3, -0.25) is 0 Å². The summed E-state index contributed by atoms with van der Waals surface area (Å²) < 4.78 is 39.8. The van der Waals surface area contributed by atoms with Crippen molar-refractivity contribution in [1.29, 1.82) is 0 Å². The van der Waals surface area contributed by atoms with Gasteiger partial charge in [-0.25, -0.2) is 12.8 Å². The van der Waals surface area contributed by atoms with Crippen LogP contribution in [-0.2, 0) is 10.0 Å². The lowest BCUT2D eigenvalue weighted by Gasteiger charge is -2.33. The Morgan fingerprint density at radius 1 is 1.44 bits per heavy atom. The highest BCUT2D eigenvalue weighted by Crippen LogP contribution is 2.32. The first-order chi connectivity index (χ1) is 8.34. The predicted octanol–water partition coefficient (Wildman–Crippen LogP) is 2.34. The molecule has 0 spiro atoms. The van der Waals surface area contributed by atoms with Crippen molar-refractivity contribution in [2.24, 2.45) is 0 Å². The summed E-state index contributed by atoms with van der Waals surface area (Å²) in [5, 5.41) is 0. The number of halogens is 2. The molecule has 1 fully saturated rings. The summed E-state index contributed by atoms with van der Waals surface area (Å²) in [6, 6.07) is 2.47. The van der Waals surface area contributed by atoms with Crippen LogP contribution in [0.3, 0.4) is 0 Å². The fourth-order valence-corrected chi connectivity index (χ4v) is 4.02. The third-order valence-electron chi connectivity index (χ3n) is 3.26. The van der Waals surface area contributed by atoms with Gasteiger partial charge in [-0.2, -0.15) is 4.31 Å². The van der Waals surface area contributed by atoms with Crippen LogP contribution in [0, 0.1) is 5.82 Å². The quantitative estimate of drug-likeness (QED) is 0.861. The minimum Gasteiger partial charge on any atom is -0.399 e. The molecule has 4 nitrogen and oxygen atoms in total. The summed E-state index contributed by atoms with van der Waals surface area (Å²) in [6.07, 6.45) is 2.65. The first kappa shape index (κ1) is 13.8. The molecule has 0 radical (unpaired) electrons. The van der Waals surface area contributed by atoms with E-state index in [1.54, 1.807) is 0 Å². The van der Waals surface area contributed by atoms with Crippen molar-refractivity contribution in [2.45, 2.75) is 30.2 Å². The number of benzene rings is 1. The van der Waals surface area contributed by atoms with Gasteiger partial charge in [0, 0.05) is 18.8 Å². The van der Waals surface area contributed by atoms with Gasteiger partial charge in [-0.15, -0.1) is 0 Å². The number of rotatable bonds is 3. The number of sulfonamides is 1. The van der Waals surface area contributed by atoms with Crippen LogP contribution < -0.4 is 5.73 Å². The lowest BCUT2D eigenvalue weighted by molar-refractivity contribution is 0.249. The largest absolute Gasteiger partial charge is 0.399 e. The minimum atomic E-state index is -3.83. The fraction of sp³-hybridized carbons (Fsp3) is 0.455. The maximum atomic E-state index is 13.9. The molecule has 2 rings (SSSR count). The van der Waals surface area contributed by atoms with Gasteiger partial charge in [0.2, 0.25) is 10.0 Å². The van der Waals surface area contributed by atoms with Gasteiger partial charge < -0.3 is 5.73 Å². The Morgan fingerprint density at radius 3 is 2.56 bits per heavy atom.